The summed E-state index contributed by atoms with van der Waals surface area (Å²) < 4.78 is 2.78. The van der Waals surface area contributed by atoms with Gasteiger partial charge in [-0.2, -0.15) is 5.10 Å². The summed E-state index contributed by atoms with van der Waals surface area (Å²) in [5.74, 6) is -0.278. The van der Waals surface area contributed by atoms with Crippen LogP contribution in [0.25, 0.3) is 0 Å². The van der Waals surface area contributed by atoms with Gasteiger partial charge in [0.1, 0.15) is 6.61 Å². The summed E-state index contributed by atoms with van der Waals surface area (Å²) in [6.45, 7) is 0.567. The van der Waals surface area contributed by atoms with Crippen LogP contribution in [-0.2, 0) is 6.54 Å². The molecule has 2 rings (SSSR count). The number of nitrogens with one attached hydrogen (secondary N) is 1. The van der Waals surface area contributed by atoms with E-state index in [1.807, 2.05) is 24.3 Å². The van der Waals surface area contributed by atoms with Crippen molar-refractivity contribution >= 4 is 28.1 Å². The zero-order valence-corrected chi connectivity index (χ0v) is 12.8. The van der Waals surface area contributed by atoms with Gasteiger partial charge in [-0.3, -0.25) is 4.79 Å². The fourth-order valence-corrected chi connectivity index (χ4v) is 1.92. The van der Waals surface area contributed by atoms with Crippen LogP contribution in [0.1, 0.15) is 15.9 Å². The molecule has 0 aliphatic heterocycles. The molecule has 0 radical (unpaired) electrons. The van der Waals surface area contributed by atoms with Gasteiger partial charge in [0, 0.05) is 16.6 Å². The summed E-state index contributed by atoms with van der Waals surface area (Å²) in [6.07, 6.45) is 5.06. The second-order valence-electron chi connectivity index (χ2n) is 4.30. The van der Waals surface area contributed by atoms with Crippen molar-refractivity contribution in [2.24, 2.45) is 5.10 Å². The Bertz CT molecular complexity index is 624. The van der Waals surface area contributed by atoms with Crippen LogP contribution in [0.5, 0.6) is 0 Å². The van der Waals surface area contributed by atoms with Gasteiger partial charge in [-0.15, -0.1) is 0 Å². The van der Waals surface area contributed by atoms with E-state index in [0.29, 0.717) is 12.1 Å². The minimum Gasteiger partial charge on any atom is -0.390 e. The Morgan fingerprint density at radius 2 is 1.90 bits per heavy atom. The van der Waals surface area contributed by atoms with Gasteiger partial charge < -0.3 is 5.11 Å². The molecule has 2 aromatic rings. The molecule has 1 amide bonds. The first-order valence-corrected chi connectivity index (χ1v) is 7.17. The van der Waals surface area contributed by atoms with E-state index in [4.69, 9.17) is 5.11 Å². The highest BCUT2D eigenvalue weighted by Gasteiger charge is 2.06. The lowest BCUT2D eigenvalue weighted by Gasteiger charge is -1.99. The normalized spacial score (nSPS) is 10.8. The average Bonchev–Trinajstić information content (AvgIpc) is 2.50. The van der Waals surface area contributed by atoms with E-state index in [2.05, 4.69) is 26.5 Å². The number of nitrogens with zero attached hydrogens (tertiary/aromatic N) is 2. The van der Waals surface area contributed by atoms with Crippen molar-refractivity contribution in [2.75, 3.05) is 6.61 Å². The van der Waals surface area contributed by atoms with Gasteiger partial charge >= 0.3 is 0 Å². The number of carbonyl (C=O) groups is 1. The second kappa shape index (κ2) is 7.66. The number of carbonyl (C=O) groups excluding carboxylic acids is 1. The number of hydrogen-bond acceptors (Lipinski definition) is 3. The minimum atomic E-state index is -0.278. The number of hydrogen-bond donors (Lipinski definition) is 2. The van der Waals surface area contributed by atoms with Crippen molar-refractivity contribution in [3.8, 4) is 0 Å². The van der Waals surface area contributed by atoms with E-state index >= 15 is 0 Å². The Morgan fingerprint density at radius 3 is 2.52 bits per heavy atom. The SMILES string of the molecule is O=C(N/N=C/c1ccc(Br)cc1)c1cc[n+](CCO)cc1. The Kier molecular flexibility index (Phi) is 5.59. The number of benzene rings is 1. The van der Waals surface area contributed by atoms with E-state index in [9.17, 15) is 4.79 Å². The molecule has 2 N–H and O–H groups in total. The fraction of sp³-hybridized carbons (Fsp3) is 0.133. The highest BCUT2D eigenvalue weighted by Crippen LogP contribution is 2.08. The third-order valence-corrected chi connectivity index (χ3v) is 3.29. The lowest BCUT2D eigenvalue weighted by Crippen LogP contribution is -2.35. The summed E-state index contributed by atoms with van der Waals surface area (Å²) in [6, 6.07) is 10.9. The standard InChI is InChI=1S/C15H14BrN3O2/c16-14-3-1-12(2-4-14)11-17-18-15(21)13-5-7-19(8-6-13)9-10-20/h1-8,11,20H,9-10H2/p+1. The number of aliphatic hydroxyl groups excluding tert-OH is 1. The van der Waals surface area contributed by atoms with Crippen molar-refractivity contribution in [2.45, 2.75) is 6.54 Å². The maximum absolute atomic E-state index is 11.9. The van der Waals surface area contributed by atoms with E-state index in [-0.39, 0.29) is 12.5 Å². The molecule has 0 unspecified atom stereocenters. The molecular weight excluding hydrogens is 334 g/mol. The lowest BCUT2D eigenvalue weighted by atomic mass is 10.2. The first-order chi connectivity index (χ1) is 10.2. The third kappa shape index (κ3) is 4.77. The first kappa shape index (κ1) is 15.3. The molecule has 1 aromatic heterocycles. The fourth-order valence-electron chi connectivity index (χ4n) is 1.65. The van der Waals surface area contributed by atoms with Crippen LogP contribution in [0.2, 0.25) is 0 Å². The van der Waals surface area contributed by atoms with E-state index < -0.39 is 0 Å². The van der Waals surface area contributed by atoms with Crippen molar-refractivity contribution < 1.29 is 14.5 Å². The Hall–Kier alpha value is -2.05. The van der Waals surface area contributed by atoms with Gasteiger partial charge in [-0.25, -0.2) is 9.99 Å². The highest BCUT2D eigenvalue weighted by molar-refractivity contribution is 9.10. The average molecular weight is 349 g/mol. The summed E-state index contributed by atoms with van der Waals surface area (Å²) >= 11 is 3.35. The van der Waals surface area contributed by atoms with Crippen LogP contribution in [0.15, 0.2) is 58.4 Å². The zero-order valence-electron chi connectivity index (χ0n) is 11.2. The minimum absolute atomic E-state index is 0.0632. The lowest BCUT2D eigenvalue weighted by molar-refractivity contribution is -0.698. The first-order valence-electron chi connectivity index (χ1n) is 6.38. The van der Waals surface area contributed by atoms with Crippen LogP contribution in [-0.4, -0.2) is 23.8 Å². The molecule has 0 bridgehead atoms. The molecule has 1 aromatic carbocycles. The predicted molar refractivity (Wildman–Crippen MR) is 82.9 cm³/mol. The number of pyridine rings is 1. The maximum Gasteiger partial charge on any atom is 0.271 e. The number of hydrazone groups is 1. The van der Waals surface area contributed by atoms with Crippen molar-refractivity contribution in [1.82, 2.24) is 5.43 Å². The van der Waals surface area contributed by atoms with Gasteiger partial charge in [0.05, 0.1) is 11.8 Å². The molecule has 0 aliphatic carbocycles. The van der Waals surface area contributed by atoms with Crippen molar-refractivity contribution in [3.05, 3.63) is 64.4 Å². The molecule has 0 saturated carbocycles. The van der Waals surface area contributed by atoms with Gasteiger partial charge in [-0.1, -0.05) is 28.1 Å². The smallest absolute Gasteiger partial charge is 0.271 e. The predicted octanol–water partition coefficient (Wildman–Crippen LogP) is 1.49. The summed E-state index contributed by atoms with van der Waals surface area (Å²) in [7, 11) is 0. The summed E-state index contributed by atoms with van der Waals surface area (Å²) in [5.41, 5.74) is 3.88. The molecule has 108 valence electrons. The zero-order chi connectivity index (χ0) is 15.1. The molecule has 6 heteroatoms. The largest absolute Gasteiger partial charge is 0.390 e. The van der Waals surface area contributed by atoms with Crippen molar-refractivity contribution in [3.63, 3.8) is 0 Å². The molecule has 1 heterocycles. The quantitative estimate of drug-likeness (QED) is 0.488. The van der Waals surface area contributed by atoms with Crippen LogP contribution >= 0.6 is 15.9 Å². The van der Waals surface area contributed by atoms with Gasteiger partial charge in [0.15, 0.2) is 18.9 Å². The molecule has 0 aliphatic rings. The number of aromatic nitrogens is 1. The number of aliphatic hydroxyl groups is 1. The topological polar surface area (TPSA) is 65.6 Å². The molecule has 0 atom stereocenters. The molecule has 0 fully saturated rings. The van der Waals surface area contributed by atoms with Crippen LogP contribution in [0.4, 0.5) is 0 Å². The summed E-state index contributed by atoms with van der Waals surface area (Å²) in [4.78, 5) is 11.9. The van der Waals surface area contributed by atoms with Crippen molar-refractivity contribution in [1.29, 1.82) is 0 Å². The van der Waals surface area contributed by atoms with Gasteiger partial charge in [0.25, 0.3) is 5.91 Å². The second-order valence-corrected chi connectivity index (χ2v) is 5.21. The Morgan fingerprint density at radius 1 is 1.24 bits per heavy atom. The molecule has 5 nitrogen and oxygen atoms in total. The molecular formula is C15H15BrN3O2+. The van der Waals surface area contributed by atoms with Crippen LogP contribution in [0, 0.1) is 0 Å². The third-order valence-electron chi connectivity index (χ3n) is 2.76. The highest BCUT2D eigenvalue weighted by atomic mass is 79.9. The Labute approximate surface area is 131 Å². The molecule has 0 spiro atoms. The van der Waals surface area contributed by atoms with Crippen LogP contribution < -0.4 is 9.99 Å². The Balaban J connectivity index is 1.93. The number of rotatable bonds is 5. The monoisotopic (exact) mass is 348 g/mol. The number of halogens is 1. The summed E-state index contributed by atoms with van der Waals surface area (Å²) in [5, 5.41) is 12.7. The maximum atomic E-state index is 11.9. The van der Waals surface area contributed by atoms with Crippen LogP contribution in [0.3, 0.4) is 0 Å². The number of amides is 1. The van der Waals surface area contributed by atoms with E-state index in [0.717, 1.165) is 10.0 Å². The molecule has 0 saturated heterocycles. The van der Waals surface area contributed by atoms with Gasteiger partial charge in [-0.05, 0) is 17.7 Å². The van der Waals surface area contributed by atoms with E-state index in [1.165, 1.54) is 0 Å². The molecule has 21 heavy (non-hydrogen) atoms. The van der Waals surface area contributed by atoms with Gasteiger partial charge in [0.2, 0.25) is 0 Å². The van der Waals surface area contributed by atoms with E-state index in [1.54, 1.807) is 35.3 Å².